The molecule has 3 N–H and O–H groups in total. The highest BCUT2D eigenvalue weighted by Crippen LogP contribution is 2.31. The number of nitrogens with zero attached hydrogens (tertiary/aromatic N) is 3. The molecule has 0 bridgehead atoms. The fourth-order valence-electron chi connectivity index (χ4n) is 3.98. The van der Waals surface area contributed by atoms with Crippen molar-refractivity contribution in [3.05, 3.63) is 63.5 Å². The molecular weight excluding hydrogens is 425 g/mol. The second-order valence-electron chi connectivity index (χ2n) is 7.71. The Hall–Kier alpha value is -3.05. The molecule has 2 aromatic heterocycles. The number of amides is 1. The summed E-state index contributed by atoms with van der Waals surface area (Å²) in [4.78, 5) is 31.0. The first kappa shape index (κ1) is 21.2. The minimum atomic E-state index is -4.01. The smallest absolute Gasteiger partial charge is 0.272 e. The van der Waals surface area contributed by atoms with Gasteiger partial charge in [0.1, 0.15) is 5.82 Å². The molecule has 0 spiro atoms. The number of fused-ring (bicyclic) bond motifs is 1. The van der Waals surface area contributed by atoms with Crippen molar-refractivity contribution in [2.45, 2.75) is 43.5 Å². The van der Waals surface area contributed by atoms with Gasteiger partial charge >= 0.3 is 0 Å². The van der Waals surface area contributed by atoms with E-state index in [0.717, 1.165) is 31.0 Å². The third-order valence-corrected chi connectivity index (χ3v) is 6.38. The first-order valence-electron chi connectivity index (χ1n) is 9.83. The average molecular weight is 447 g/mol. The molecule has 11 heteroatoms. The molecule has 1 aromatic carbocycles. The summed E-state index contributed by atoms with van der Waals surface area (Å²) < 4.78 is 38.8. The Morgan fingerprint density at radius 2 is 2.06 bits per heavy atom. The van der Waals surface area contributed by atoms with Gasteiger partial charge in [-0.1, -0.05) is 0 Å². The standard InChI is InChI=1S/C20H22FN5O4S/c1-12-8-20(28)26-18(23-12)11-16(24-26)17-4-2-3-7-25(17)19(27)10-13-9-14(31(22,29)30)5-6-15(13)21/h5-6,8-9,11,17,24H,2-4,7,10H2,1H3,(H2,22,29,30). The predicted molar refractivity (Wildman–Crippen MR) is 110 cm³/mol. The summed E-state index contributed by atoms with van der Waals surface area (Å²) in [5.41, 5.74) is 1.44. The highest BCUT2D eigenvalue weighted by molar-refractivity contribution is 7.89. The lowest BCUT2D eigenvalue weighted by Gasteiger charge is -2.35. The van der Waals surface area contributed by atoms with Crippen LogP contribution < -0.4 is 10.7 Å². The minimum absolute atomic E-state index is 0.0361. The molecule has 1 atom stereocenters. The number of H-pyrrole nitrogens is 1. The fourth-order valence-corrected chi connectivity index (χ4v) is 4.55. The Labute approximate surface area is 177 Å². The maximum atomic E-state index is 14.3. The molecule has 1 aliphatic rings. The lowest BCUT2D eigenvalue weighted by Crippen LogP contribution is -2.39. The number of halogens is 1. The first-order chi connectivity index (χ1) is 14.6. The van der Waals surface area contributed by atoms with Crippen molar-refractivity contribution in [1.82, 2.24) is 19.5 Å². The van der Waals surface area contributed by atoms with Crippen LogP contribution in [0, 0.1) is 12.7 Å². The number of sulfonamides is 1. The number of carbonyl (C=O) groups excluding carboxylic acids is 1. The summed E-state index contributed by atoms with van der Waals surface area (Å²) in [6, 6.07) is 5.99. The molecule has 31 heavy (non-hydrogen) atoms. The second-order valence-corrected chi connectivity index (χ2v) is 9.28. The van der Waals surface area contributed by atoms with Gasteiger partial charge in [0.2, 0.25) is 15.9 Å². The summed E-state index contributed by atoms with van der Waals surface area (Å²) in [5, 5.41) is 8.15. The highest BCUT2D eigenvalue weighted by Gasteiger charge is 2.30. The number of primary sulfonamides is 1. The van der Waals surface area contributed by atoms with Crippen LogP contribution >= 0.6 is 0 Å². The summed E-state index contributed by atoms with van der Waals surface area (Å²) in [7, 11) is -4.01. The molecule has 0 radical (unpaired) electrons. The van der Waals surface area contributed by atoms with E-state index in [0.29, 0.717) is 30.0 Å². The van der Waals surface area contributed by atoms with Crippen molar-refractivity contribution in [3.8, 4) is 0 Å². The number of carbonyl (C=O) groups is 1. The largest absolute Gasteiger partial charge is 0.334 e. The Morgan fingerprint density at radius 3 is 2.81 bits per heavy atom. The minimum Gasteiger partial charge on any atom is -0.334 e. The topological polar surface area (TPSA) is 131 Å². The molecule has 0 saturated carbocycles. The SMILES string of the molecule is Cc1cc(=O)n2[nH]c(C3CCCCN3C(=O)Cc3cc(S(N)(=O)=O)ccc3F)cc2n1. The van der Waals surface area contributed by atoms with Crippen LogP contribution in [0.15, 0.2) is 40.0 Å². The van der Waals surface area contributed by atoms with Crippen LogP contribution in [0.25, 0.3) is 5.65 Å². The maximum Gasteiger partial charge on any atom is 0.272 e. The maximum absolute atomic E-state index is 14.3. The van der Waals surface area contributed by atoms with Crippen LogP contribution in [0.1, 0.15) is 42.3 Å². The molecule has 1 aliphatic heterocycles. The van der Waals surface area contributed by atoms with Gasteiger partial charge in [0.15, 0.2) is 5.65 Å². The van der Waals surface area contributed by atoms with Gasteiger partial charge < -0.3 is 4.90 Å². The van der Waals surface area contributed by atoms with Crippen molar-refractivity contribution in [1.29, 1.82) is 0 Å². The molecule has 9 nitrogen and oxygen atoms in total. The highest BCUT2D eigenvalue weighted by atomic mass is 32.2. The number of aryl methyl sites for hydroxylation is 1. The molecule has 0 aliphatic carbocycles. The van der Waals surface area contributed by atoms with E-state index in [-0.39, 0.29) is 34.4 Å². The molecule has 1 saturated heterocycles. The third kappa shape index (κ3) is 4.23. The Kier molecular flexibility index (Phi) is 5.40. The van der Waals surface area contributed by atoms with E-state index in [1.54, 1.807) is 17.9 Å². The molecular formula is C20H22FN5O4S. The number of benzene rings is 1. The number of hydrogen-bond donors (Lipinski definition) is 2. The fraction of sp³-hybridized carbons (Fsp3) is 0.350. The van der Waals surface area contributed by atoms with Gasteiger partial charge in [-0.25, -0.2) is 27.4 Å². The van der Waals surface area contributed by atoms with Gasteiger partial charge in [0.05, 0.1) is 23.1 Å². The predicted octanol–water partition coefficient (Wildman–Crippen LogP) is 1.41. The number of aromatic amines is 1. The van der Waals surface area contributed by atoms with E-state index in [4.69, 9.17) is 5.14 Å². The molecule has 4 rings (SSSR count). The van der Waals surface area contributed by atoms with E-state index >= 15 is 0 Å². The zero-order valence-corrected chi connectivity index (χ0v) is 17.7. The molecule has 1 fully saturated rings. The summed E-state index contributed by atoms with van der Waals surface area (Å²) in [6.45, 7) is 2.20. The number of likely N-dealkylation sites (tertiary alicyclic amines) is 1. The third-order valence-electron chi connectivity index (χ3n) is 5.47. The van der Waals surface area contributed by atoms with Crippen molar-refractivity contribution in [3.63, 3.8) is 0 Å². The van der Waals surface area contributed by atoms with Crippen molar-refractivity contribution < 1.29 is 17.6 Å². The number of aromatic nitrogens is 3. The quantitative estimate of drug-likeness (QED) is 0.624. The Balaban J connectivity index is 1.65. The van der Waals surface area contributed by atoms with Gasteiger partial charge in [-0.3, -0.25) is 14.7 Å². The number of hydrogen-bond acceptors (Lipinski definition) is 5. The van der Waals surface area contributed by atoms with Crippen LogP contribution in [0.4, 0.5) is 4.39 Å². The van der Waals surface area contributed by atoms with E-state index in [2.05, 4.69) is 10.1 Å². The molecule has 1 unspecified atom stereocenters. The number of nitrogens with one attached hydrogen (secondary N) is 1. The normalized spacial score (nSPS) is 17.3. The molecule has 3 heterocycles. The number of piperidine rings is 1. The van der Waals surface area contributed by atoms with Gasteiger partial charge in [0, 0.05) is 24.4 Å². The monoisotopic (exact) mass is 447 g/mol. The van der Waals surface area contributed by atoms with Crippen LogP contribution in [0.3, 0.4) is 0 Å². The Morgan fingerprint density at radius 1 is 1.29 bits per heavy atom. The van der Waals surface area contributed by atoms with Crippen LogP contribution in [-0.2, 0) is 21.2 Å². The lowest BCUT2D eigenvalue weighted by molar-refractivity contribution is -0.134. The average Bonchev–Trinajstić information content (AvgIpc) is 3.13. The van der Waals surface area contributed by atoms with Gasteiger partial charge in [-0.2, -0.15) is 0 Å². The van der Waals surface area contributed by atoms with Crippen molar-refractivity contribution in [2.75, 3.05) is 6.54 Å². The second kappa shape index (κ2) is 7.89. The zero-order valence-electron chi connectivity index (χ0n) is 16.8. The van der Waals surface area contributed by atoms with Crippen LogP contribution in [-0.4, -0.2) is 40.4 Å². The van der Waals surface area contributed by atoms with Crippen LogP contribution in [0.5, 0.6) is 0 Å². The Bertz CT molecular complexity index is 1330. The first-order valence-corrected chi connectivity index (χ1v) is 11.4. The molecule has 164 valence electrons. The van der Waals surface area contributed by atoms with Gasteiger partial charge in [-0.15, -0.1) is 0 Å². The van der Waals surface area contributed by atoms with Crippen molar-refractivity contribution >= 4 is 21.6 Å². The summed E-state index contributed by atoms with van der Waals surface area (Å²) >= 11 is 0. The molecule has 3 aromatic rings. The van der Waals surface area contributed by atoms with E-state index < -0.39 is 15.8 Å². The summed E-state index contributed by atoms with van der Waals surface area (Å²) in [5.74, 6) is -1.02. The van der Waals surface area contributed by atoms with Crippen molar-refractivity contribution in [2.24, 2.45) is 5.14 Å². The summed E-state index contributed by atoms with van der Waals surface area (Å²) in [6.07, 6.45) is 2.05. The van der Waals surface area contributed by atoms with E-state index in [1.165, 1.54) is 10.6 Å². The molecule has 1 amide bonds. The van der Waals surface area contributed by atoms with E-state index in [9.17, 15) is 22.4 Å². The number of rotatable bonds is 4. The van der Waals surface area contributed by atoms with Gasteiger partial charge in [-0.05, 0) is 49.9 Å². The van der Waals surface area contributed by atoms with Crippen LogP contribution in [0.2, 0.25) is 0 Å². The zero-order chi connectivity index (χ0) is 22.3. The van der Waals surface area contributed by atoms with E-state index in [1.807, 2.05) is 0 Å². The number of nitrogens with two attached hydrogens (primary N) is 1. The van der Waals surface area contributed by atoms with Gasteiger partial charge in [0.25, 0.3) is 5.56 Å². The lowest BCUT2D eigenvalue weighted by atomic mass is 9.98.